The van der Waals surface area contributed by atoms with Crippen LogP contribution in [0.5, 0.6) is 5.75 Å². The second-order valence-electron chi connectivity index (χ2n) is 3.32. The third-order valence-corrected chi connectivity index (χ3v) is 3.37. The van der Waals surface area contributed by atoms with E-state index >= 15 is 0 Å². The van der Waals surface area contributed by atoms with Gasteiger partial charge < -0.3 is 16.2 Å². The number of nitrogens with two attached hydrogens (primary N) is 1. The van der Waals surface area contributed by atoms with Crippen molar-refractivity contribution in [1.29, 1.82) is 0 Å². The number of nitrogens with one attached hydrogen (secondary N) is 1. The molecule has 0 unspecified atom stereocenters. The summed E-state index contributed by atoms with van der Waals surface area (Å²) in [7, 11) is 0. The minimum absolute atomic E-state index is 0.0593. The molecule has 1 aromatic rings. The Balaban J connectivity index is 2.99. The highest BCUT2D eigenvalue weighted by atomic mass is 127. The lowest BCUT2D eigenvalue weighted by atomic mass is 10.1. The van der Waals surface area contributed by atoms with Crippen molar-refractivity contribution in [3.05, 3.63) is 25.7 Å². The molecule has 0 aliphatic carbocycles. The molecular weight excluding hydrogens is 387 g/mol. The first kappa shape index (κ1) is 13.7. The van der Waals surface area contributed by atoms with Gasteiger partial charge in [0.2, 0.25) is 5.91 Å². The Hall–Kier alpha value is -0.340. The number of carbonyl (C=O) groups is 1. The summed E-state index contributed by atoms with van der Waals surface area (Å²) in [6.07, 6.45) is 0. The average molecular weight is 399 g/mol. The van der Waals surface area contributed by atoms with E-state index in [0.717, 1.165) is 8.04 Å². The number of rotatable bonds is 3. The van der Waals surface area contributed by atoms with Crippen LogP contribution < -0.4 is 11.1 Å². The number of hydrogen-bond acceptors (Lipinski definition) is 3. The Morgan fingerprint density at radius 3 is 2.88 bits per heavy atom. The molecule has 0 radical (unpaired) electrons. The van der Waals surface area contributed by atoms with E-state index in [4.69, 9.17) is 5.73 Å². The smallest absolute Gasteiger partial charge is 0.234 e. The van der Waals surface area contributed by atoms with Gasteiger partial charge in [0, 0.05) is 10.0 Å². The van der Waals surface area contributed by atoms with E-state index < -0.39 is 0 Å². The van der Waals surface area contributed by atoms with Crippen molar-refractivity contribution in [2.75, 3.05) is 6.54 Å². The maximum atomic E-state index is 11.1. The lowest BCUT2D eigenvalue weighted by Crippen LogP contribution is -2.32. The van der Waals surface area contributed by atoms with Crippen LogP contribution in [0.1, 0.15) is 18.5 Å². The lowest BCUT2D eigenvalue weighted by Gasteiger charge is -2.16. The molecule has 0 aliphatic heterocycles. The van der Waals surface area contributed by atoms with Gasteiger partial charge in [-0.25, -0.2) is 0 Å². The van der Waals surface area contributed by atoms with Gasteiger partial charge in [-0.1, -0.05) is 15.9 Å². The van der Waals surface area contributed by atoms with Crippen LogP contribution in [-0.4, -0.2) is 17.6 Å². The summed E-state index contributed by atoms with van der Waals surface area (Å²) in [5.41, 5.74) is 5.88. The Kier molecular flexibility index (Phi) is 5.00. The Morgan fingerprint density at radius 1 is 1.69 bits per heavy atom. The van der Waals surface area contributed by atoms with Gasteiger partial charge in [0.15, 0.2) is 0 Å². The van der Waals surface area contributed by atoms with Crippen LogP contribution in [0.15, 0.2) is 16.6 Å². The minimum atomic E-state index is -0.276. The predicted octanol–water partition coefficient (Wildman–Crippen LogP) is 1.90. The second kappa shape index (κ2) is 5.83. The van der Waals surface area contributed by atoms with E-state index in [1.54, 1.807) is 19.1 Å². The average Bonchev–Trinajstić information content (AvgIpc) is 2.22. The van der Waals surface area contributed by atoms with E-state index in [-0.39, 0.29) is 24.2 Å². The fourth-order valence-electron chi connectivity index (χ4n) is 1.29. The molecule has 0 aromatic heterocycles. The van der Waals surface area contributed by atoms with Crippen molar-refractivity contribution in [3.8, 4) is 5.75 Å². The number of hydrogen-bond donors (Lipinski definition) is 3. The predicted molar refractivity (Wildman–Crippen MR) is 74.1 cm³/mol. The van der Waals surface area contributed by atoms with Gasteiger partial charge in [0.05, 0.1) is 16.2 Å². The van der Waals surface area contributed by atoms with Crippen LogP contribution in [0, 0.1) is 3.57 Å². The molecule has 16 heavy (non-hydrogen) atoms. The van der Waals surface area contributed by atoms with Gasteiger partial charge in [0.25, 0.3) is 0 Å². The number of aromatic hydroxyl groups is 1. The highest BCUT2D eigenvalue weighted by Gasteiger charge is 2.15. The van der Waals surface area contributed by atoms with Gasteiger partial charge in [-0.2, -0.15) is 0 Å². The fourth-order valence-corrected chi connectivity index (χ4v) is 2.84. The molecule has 0 bridgehead atoms. The molecule has 0 saturated carbocycles. The maximum Gasteiger partial charge on any atom is 0.234 e. The molecular formula is C10H12BrIN2O2. The highest BCUT2D eigenvalue weighted by molar-refractivity contribution is 14.1. The number of benzene rings is 1. The van der Waals surface area contributed by atoms with Crippen LogP contribution in [0.25, 0.3) is 0 Å². The SMILES string of the molecule is C[C@H](NC(=O)CN)c1cc(Br)cc(I)c1O. The Labute approximate surface area is 116 Å². The normalized spacial score (nSPS) is 12.2. The molecule has 4 N–H and O–H groups in total. The molecule has 0 saturated heterocycles. The first-order chi connectivity index (χ1) is 7.45. The van der Waals surface area contributed by atoms with E-state index in [9.17, 15) is 9.90 Å². The zero-order valence-electron chi connectivity index (χ0n) is 8.63. The van der Waals surface area contributed by atoms with Crippen LogP contribution >= 0.6 is 38.5 Å². The van der Waals surface area contributed by atoms with Gasteiger partial charge in [-0.15, -0.1) is 0 Å². The van der Waals surface area contributed by atoms with Crippen LogP contribution in [0.4, 0.5) is 0 Å². The molecule has 4 nitrogen and oxygen atoms in total. The van der Waals surface area contributed by atoms with Crippen molar-refractivity contribution in [2.45, 2.75) is 13.0 Å². The first-order valence-electron chi connectivity index (χ1n) is 4.63. The zero-order valence-corrected chi connectivity index (χ0v) is 12.4. The van der Waals surface area contributed by atoms with E-state index in [1.807, 2.05) is 22.6 Å². The van der Waals surface area contributed by atoms with Gasteiger partial charge in [0.1, 0.15) is 5.75 Å². The molecule has 1 aromatic carbocycles. The number of amides is 1. The third kappa shape index (κ3) is 3.33. The maximum absolute atomic E-state index is 11.1. The number of halogens is 2. The molecule has 0 spiro atoms. The molecule has 1 atom stereocenters. The summed E-state index contributed by atoms with van der Waals surface area (Å²) in [6, 6.07) is 3.30. The van der Waals surface area contributed by atoms with Crippen LogP contribution in [0.3, 0.4) is 0 Å². The van der Waals surface area contributed by atoms with Crippen molar-refractivity contribution in [1.82, 2.24) is 5.32 Å². The molecule has 1 rings (SSSR count). The summed E-state index contributed by atoms with van der Waals surface area (Å²) >= 11 is 5.38. The van der Waals surface area contributed by atoms with Crippen LogP contribution in [0.2, 0.25) is 0 Å². The standard InChI is InChI=1S/C10H12BrIN2O2/c1-5(14-9(15)4-13)7-2-6(11)3-8(12)10(7)16/h2-3,5,16H,4,13H2,1H3,(H,14,15)/t5-/m0/s1. The summed E-state index contributed by atoms with van der Waals surface area (Å²) in [4.78, 5) is 11.1. The minimum Gasteiger partial charge on any atom is -0.506 e. The molecule has 1 amide bonds. The highest BCUT2D eigenvalue weighted by Crippen LogP contribution is 2.32. The van der Waals surface area contributed by atoms with Gasteiger partial charge in [-0.3, -0.25) is 4.79 Å². The van der Waals surface area contributed by atoms with Crippen molar-refractivity contribution in [3.63, 3.8) is 0 Å². The number of phenolic OH excluding ortho intramolecular Hbond substituents is 1. The quantitative estimate of drug-likeness (QED) is 0.680. The number of phenols is 1. The number of carbonyl (C=O) groups excluding carboxylic acids is 1. The van der Waals surface area contributed by atoms with E-state index in [1.165, 1.54) is 0 Å². The van der Waals surface area contributed by atoms with Gasteiger partial charge >= 0.3 is 0 Å². The molecule has 0 fully saturated rings. The lowest BCUT2D eigenvalue weighted by molar-refractivity contribution is -0.120. The molecule has 0 heterocycles. The first-order valence-corrected chi connectivity index (χ1v) is 6.50. The Bertz CT molecular complexity index is 412. The zero-order chi connectivity index (χ0) is 12.3. The largest absolute Gasteiger partial charge is 0.506 e. The topological polar surface area (TPSA) is 75.4 Å². The van der Waals surface area contributed by atoms with Crippen molar-refractivity contribution >= 4 is 44.4 Å². The summed E-state index contributed by atoms with van der Waals surface area (Å²) in [6.45, 7) is 1.74. The molecule has 88 valence electrons. The van der Waals surface area contributed by atoms with Gasteiger partial charge in [-0.05, 0) is 41.6 Å². The second-order valence-corrected chi connectivity index (χ2v) is 5.40. The summed E-state index contributed by atoms with van der Waals surface area (Å²) in [5, 5.41) is 12.6. The van der Waals surface area contributed by atoms with Crippen molar-refractivity contribution < 1.29 is 9.90 Å². The molecule has 6 heteroatoms. The van der Waals surface area contributed by atoms with E-state index in [2.05, 4.69) is 21.2 Å². The molecule has 0 aliphatic rings. The van der Waals surface area contributed by atoms with E-state index in [0.29, 0.717) is 5.56 Å². The van der Waals surface area contributed by atoms with Crippen LogP contribution in [-0.2, 0) is 4.79 Å². The summed E-state index contributed by atoms with van der Waals surface area (Å²) < 4.78 is 1.59. The third-order valence-electron chi connectivity index (χ3n) is 2.09. The summed E-state index contributed by atoms with van der Waals surface area (Å²) in [5.74, 6) is -0.0597. The monoisotopic (exact) mass is 398 g/mol. The fraction of sp³-hybridized carbons (Fsp3) is 0.300. The van der Waals surface area contributed by atoms with Crippen molar-refractivity contribution in [2.24, 2.45) is 5.73 Å². The Morgan fingerprint density at radius 2 is 2.31 bits per heavy atom.